The predicted octanol–water partition coefficient (Wildman–Crippen LogP) is -0.187. The van der Waals surface area contributed by atoms with E-state index in [0.29, 0.717) is 37.9 Å². The Morgan fingerprint density at radius 3 is 2.63 bits per heavy atom. The summed E-state index contributed by atoms with van der Waals surface area (Å²) in [5, 5.41) is 2.90. The highest BCUT2D eigenvalue weighted by Crippen LogP contribution is 2.33. The molecule has 0 bridgehead atoms. The number of amides is 1. The summed E-state index contributed by atoms with van der Waals surface area (Å²) in [6.07, 6.45) is 2.85. The van der Waals surface area contributed by atoms with Crippen LogP contribution in [0.2, 0.25) is 0 Å². The Morgan fingerprint density at radius 2 is 2.00 bits per heavy atom. The van der Waals surface area contributed by atoms with E-state index in [1.165, 1.54) is 10.6 Å². The molecule has 150 valence electrons. The molecule has 2 aliphatic heterocycles. The van der Waals surface area contributed by atoms with E-state index in [4.69, 9.17) is 4.74 Å². The molecule has 2 saturated heterocycles. The quantitative estimate of drug-likeness (QED) is 0.734. The Hall–Kier alpha value is -1.78. The number of hydrogen-bond donors (Lipinski definition) is 1. The van der Waals surface area contributed by atoms with Gasteiger partial charge in [-0.3, -0.25) is 4.79 Å². The summed E-state index contributed by atoms with van der Waals surface area (Å²) >= 11 is 0. The molecule has 0 spiro atoms. The standard InChI is InChI=1S/C17H27N5O4S/c1-12(2)19-16(23)14-11-22(27(3,24)25)10-13(14)15-4-5-18-17(20-15)21-6-8-26-9-7-21/h4-5,12-14H,6-11H2,1-3H3,(H,19,23)/t13-,14-/m0/s1. The summed E-state index contributed by atoms with van der Waals surface area (Å²) < 4.78 is 30.8. The van der Waals surface area contributed by atoms with Crippen molar-refractivity contribution in [3.63, 3.8) is 0 Å². The van der Waals surface area contributed by atoms with Gasteiger partial charge in [0.05, 0.1) is 31.1 Å². The third-order valence-electron chi connectivity index (χ3n) is 4.86. The molecule has 0 saturated carbocycles. The molecule has 9 nitrogen and oxygen atoms in total. The molecule has 0 aromatic carbocycles. The van der Waals surface area contributed by atoms with Crippen molar-refractivity contribution in [3.05, 3.63) is 18.0 Å². The average Bonchev–Trinajstić information content (AvgIpc) is 3.08. The largest absolute Gasteiger partial charge is 0.378 e. The van der Waals surface area contributed by atoms with Crippen molar-refractivity contribution >= 4 is 21.9 Å². The lowest BCUT2D eigenvalue weighted by Crippen LogP contribution is -2.39. The van der Waals surface area contributed by atoms with Gasteiger partial charge in [0.1, 0.15) is 0 Å². The van der Waals surface area contributed by atoms with Crippen LogP contribution in [0.25, 0.3) is 0 Å². The van der Waals surface area contributed by atoms with Gasteiger partial charge >= 0.3 is 0 Å². The number of hydrogen-bond acceptors (Lipinski definition) is 7. The van der Waals surface area contributed by atoms with Crippen LogP contribution in [0, 0.1) is 5.92 Å². The van der Waals surface area contributed by atoms with Crippen LogP contribution in [-0.4, -0.2) is 80.3 Å². The van der Waals surface area contributed by atoms with E-state index in [2.05, 4.69) is 15.3 Å². The minimum Gasteiger partial charge on any atom is -0.378 e. The fourth-order valence-corrected chi connectivity index (χ4v) is 4.34. The number of carbonyl (C=O) groups excluding carboxylic acids is 1. The zero-order valence-corrected chi connectivity index (χ0v) is 16.8. The Morgan fingerprint density at radius 1 is 1.30 bits per heavy atom. The van der Waals surface area contributed by atoms with E-state index >= 15 is 0 Å². The first-order valence-corrected chi connectivity index (χ1v) is 11.0. The number of ether oxygens (including phenoxy) is 1. The number of nitrogens with one attached hydrogen (secondary N) is 1. The third kappa shape index (κ3) is 4.74. The van der Waals surface area contributed by atoms with E-state index in [0.717, 1.165) is 0 Å². The van der Waals surface area contributed by atoms with Crippen LogP contribution in [0.1, 0.15) is 25.5 Å². The van der Waals surface area contributed by atoms with Gasteiger partial charge in [-0.05, 0) is 19.9 Å². The third-order valence-corrected chi connectivity index (χ3v) is 6.10. The SMILES string of the molecule is CC(C)NC(=O)[C@H]1CN(S(C)(=O)=O)C[C@@H]1c1ccnc(N2CCOCC2)n1. The van der Waals surface area contributed by atoms with Crippen LogP contribution in [0.3, 0.4) is 0 Å². The molecular formula is C17H27N5O4S. The Kier molecular flexibility index (Phi) is 5.97. The van der Waals surface area contributed by atoms with Gasteiger partial charge in [-0.1, -0.05) is 0 Å². The number of rotatable bonds is 5. The van der Waals surface area contributed by atoms with Crippen LogP contribution in [-0.2, 0) is 19.6 Å². The van der Waals surface area contributed by atoms with E-state index in [9.17, 15) is 13.2 Å². The summed E-state index contributed by atoms with van der Waals surface area (Å²) in [6.45, 7) is 6.85. The average molecular weight is 398 g/mol. The minimum absolute atomic E-state index is 0.0141. The summed E-state index contributed by atoms with van der Waals surface area (Å²) in [5.74, 6) is -0.333. The predicted molar refractivity (Wildman–Crippen MR) is 101 cm³/mol. The maximum Gasteiger partial charge on any atom is 0.225 e. The van der Waals surface area contributed by atoms with Gasteiger partial charge in [0.25, 0.3) is 0 Å². The van der Waals surface area contributed by atoms with Crippen molar-refractivity contribution in [3.8, 4) is 0 Å². The number of aromatic nitrogens is 2. The normalized spacial score (nSPS) is 24.4. The second-order valence-electron chi connectivity index (χ2n) is 7.34. The summed E-state index contributed by atoms with van der Waals surface area (Å²) in [7, 11) is -3.39. The maximum absolute atomic E-state index is 12.7. The van der Waals surface area contributed by atoms with E-state index in [-0.39, 0.29) is 31.0 Å². The molecular weight excluding hydrogens is 370 g/mol. The second-order valence-corrected chi connectivity index (χ2v) is 9.32. The van der Waals surface area contributed by atoms with E-state index in [1.807, 2.05) is 18.7 Å². The van der Waals surface area contributed by atoms with Gasteiger partial charge in [0.15, 0.2) is 0 Å². The number of anilines is 1. The Labute approximate surface area is 160 Å². The van der Waals surface area contributed by atoms with Gasteiger partial charge in [-0.25, -0.2) is 22.7 Å². The van der Waals surface area contributed by atoms with Gasteiger partial charge in [0, 0.05) is 44.3 Å². The van der Waals surface area contributed by atoms with Crippen LogP contribution in [0.5, 0.6) is 0 Å². The first-order chi connectivity index (χ1) is 12.8. The zero-order chi connectivity index (χ0) is 19.6. The fourth-order valence-electron chi connectivity index (χ4n) is 3.48. The van der Waals surface area contributed by atoms with Crippen molar-refractivity contribution in [2.45, 2.75) is 25.8 Å². The fraction of sp³-hybridized carbons (Fsp3) is 0.706. The molecule has 1 amide bonds. The van der Waals surface area contributed by atoms with E-state index < -0.39 is 15.9 Å². The lowest BCUT2D eigenvalue weighted by molar-refractivity contribution is -0.125. The highest BCUT2D eigenvalue weighted by molar-refractivity contribution is 7.88. The second kappa shape index (κ2) is 8.07. The van der Waals surface area contributed by atoms with Crippen molar-refractivity contribution < 1.29 is 17.9 Å². The first kappa shape index (κ1) is 20.0. The smallest absolute Gasteiger partial charge is 0.225 e. The van der Waals surface area contributed by atoms with Crippen molar-refractivity contribution in [1.82, 2.24) is 19.6 Å². The van der Waals surface area contributed by atoms with Crippen LogP contribution >= 0.6 is 0 Å². The van der Waals surface area contributed by atoms with Crippen LogP contribution < -0.4 is 10.2 Å². The monoisotopic (exact) mass is 397 g/mol. The van der Waals surface area contributed by atoms with Crippen molar-refractivity contribution in [2.24, 2.45) is 5.92 Å². The molecule has 2 atom stereocenters. The molecule has 0 unspecified atom stereocenters. The number of sulfonamides is 1. The van der Waals surface area contributed by atoms with Crippen LogP contribution in [0.15, 0.2) is 12.3 Å². The highest BCUT2D eigenvalue weighted by atomic mass is 32.2. The summed E-state index contributed by atoms with van der Waals surface area (Å²) in [5.41, 5.74) is 0.696. The Balaban J connectivity index is 1.88. The molecule has 1 N–H and O–H groups in total. The molecule has 2 fully saturated rings. The molecule has 2 aliphatic rings. The Bertz CT molecular complexity index is 779. The van der Waals surface area contributed by atoms with Gasteiger partial charge < -0.3 is 15.0 Å². The summed E-state index contributed by atoms with van der Waals surface area (Å²) in [6, 6.07) is 1.76. The summed E-state index contributed by atoms with van der Waals surface area (Å²) in [4.78, 5) is 23.7. The minimum atomic E-state index is -3.39. The van der Waals surface area contributed by atoms with Gasteiger partial charge in [-0.15, -0.1) is 0 Å². The van der Waals surface area contributed by atoms with Crippen molar-refractivity contribution in [1.29, 1.82) is 0 Å². The number of nitrogens with zero attached hydrogens (tertiary/aromatic N) is 4. The van der Waals surface area contributed by atoms with Gasteiger partial charge in [0.2, 0.25) is 21.9 Å². The van der Waals surface area contributed by atoms with Gasteiger partial charge in [-0.2, -0.15) is 0 Å². The zero-order valence-electron chi connectivity index (χ0n) is 16.0. The van der Waals surface area contributed by atoms with E-state index in [1.54, 1.807) is 12.3 Å². The lowest BCUT2D eigenvalue weighted by atomic mass is 9.91. The molecule has 0 radical (unpaired) electrons. The molecule has 0 aliphatic carbocycles. The molecule has 3 heterocycles. The van der Waals surface area contributed by atoms with Crippen LogP contribution in [0.4, 0.5) is 5.95 Å². The molecule has 1 aromatic heterocycles. The number of morpholine rings is 1. The topological polar surface area (TPSA) is 105 Å². The molecule has 1 aromatic rings. The highest BCUT2D eigenvalue weighted by Gasteiger charge is 2.42. The number of carbonyl (C=O) groups is 1. The molecule has 3 rings (SSSR count). The maximum atomic E-state index is 12.7. The molecule has 10 heteroatoms. The molecule has 27 heavy (non-hydrogen) atoms. The lowest BCUT2D eigenvalue weighted by Gasteiger charge is -2.27. The first-order valence-electron chi connectivity index (χ1n) is 9.17. The van der Waals surface area contributed by atoms with Crippen molar-refractivity contribution in [2.75, 3.05) is 50.5 Å².